The zero-order valence-electron chi connectivity index (χ0n) is 12.9. The maximum Gasteiger partial charge on any atom is 0.264 e. The van der Waals surface area contributed by atoms with Crippen LogP contribution in [0.2, 0.25) is 0 Å². The van der Waals surface area contributed by atoms with Crippen molar-refractivity contribution < 1.29 is 17.9 Å². The van der Waals surface area contributed by atoms with E-state index in [0.29, 0.717) is 6.61 Å². The number of carbonyl (C=O) groups is 1. The van der Waals surface area contributed by atoms with Crippen molar-refractivity contribution in [3.05, 3.63) is 29.8 Å². The molecule has 0 atom stereocenters. The van der Waals surface area contributed by atoms with Crippen molar-refractivity contribution >= 4 is 15.9 Å². The first-order valence-electron chi connectivity index (χ1n) is 6.99. The molecule has 5 nitrogen and oxygen atoms in total. The van der Waals surface area contributed by atoms with Crippen LogP contribution in [0.25, 0.3) is 0 Å². The van der Waals surface area contributed by atoms with Gasteiger partial charge in [0.1, 0.15) is 0 Å². The van der Waals surface area contributed by atoms with Crippen molar-refractivity contribution in [3.8, 4) is 0 Å². The lowest BCUT2D eigenvalue weighted by molar-refractivity contribution is -0.122. The van der Waals surface area contributed by atoms with Crippen LogP contribution < -0.4 is 4.72 Å². The van der Waals surface area contributed by atoms with Gasteiger partial charge in [0, 0.05) is 5.92 Å². The highest BCUT2D eigenvalue weighted by atomic mass is 32.2. The largest absolute Gasteiger partial charge is 0.378 e. The maximum absolute atomic E-state index is 12.0. The molecule has 21 heavy (non-hydrogen) atoms. The van der Waals surface area contributed by atoms with Crippen molar-refractivity contribution in [1.82, 2.24) is 4.72 Å². The Bertz CT molecular complexity index is 562. The van der Waals surface area contributed by atoms with Gasteiger partial charge in [0.25, 0.3) is 10.0 Å². The number of benzene rings is 1. The van der Waals surface area contributed by atoms with Gasteiger partial charge in [-0.2, -0.15) is 0 Å². The van der Waals surface area contributed by atoms with E-state index in [4.69, 9.17) is 4.74 Å². The van der Waals surface area contributed by atoms with Crippen LogP contribution in [0.3, 0.4) is 0 Å². The third-order valence-corrected chi connectivity index (χ3v) is 4.20. The van der Waals surface area contributed by atoms with Gasteiger partial charge in [0.05, 0.1) is 17.6 Å². The van der Waals surface area contributed by atoms with Crippen LogP contribution in [0.5, 0.6) is 0 Å². The fraction of sp³-hybridized carbons (Fsp3) is 0.533. The number of hydrogen-bond donors (Lipinski definition) is 1. The quantitative estimate of drug-likeness (QED) is 0.837. The highest BCUT2D eigenvalue weighted by Gasteiger charge is 2.19. The number of sulfonamides is 1. The summed E-state index contributed by atoms with van der Waals surface area (Å²) in [4.78, 5) is 11.6. The zero-order chi connectivity index (χ0) is 16.0. The first kappa shape index (κ1) is 17.7. The molecule has 1 rings (SSSR count). The van der Waals surface area contributed by atoms with Gasteiger partial charge in [0.2, 0.25) is 5.91 Å². The maximum atomic E-state index is 12.0. The lowest BCUT2D eigenvalue weighted by Gasteiger charge is -2.10. The van der Waals surface area contributed by atoms with Crippen LogP contribution >= 0.6 is 0 Å². The van der Waals surface area contributed by atoms with Gasteiger partial charge < -0.3 is 4.74 Å². The fourth-order valence-corrected chi connectivity index (χ4v) is 2.67. The topological polar surface area (TPSA) is 72.5 Å². The van der Waals surface area contributed by atoms with E-state index in [2.05, 4.69) is 4.72 Å². The third-order valence-electron chi connectivity index (χ3n) is 2.83. The van der Waals surface area contributed by atoms with E-state index in [9.17, 15) is 13.2 Å². The Morgan fingerprint density at radius 2 is 1.71 bits per heavy atom. The van der Waals surface area contributed by atoms with Gasteiger partial charge >= 0.3 is 0 Å². The second kappa shape index (κ2) is 7.56. The molecule has 0 unspecified atom stereocenters. The van der Waals surface area contributed by atoms with Gasteiger partial charge in [-0.05, 0) is 38.0 Å². The summed E-state index contributed by atoms with van der Waals surface area (Å²) in [6.45, 7) is 7.80. The Balaban J connectivity index is 2.70. The molecule has 0 aliphatic carbocycles. The summed E-state index contributed by atoms with van der Waals surface area (Å²) in [6.07, 6.45) is 0.896. The molecule has 1 aromatic carbocycles. The number of carbonyl (C=O) groups excluding carboxylic acids is 1. The first-order chi connectivity index (χ1) is 9.72. The van der Waals surface area contributed by atoms with Crippen LogP contribution in [0, 0.1) is 5.92 Å². The van der Waals surface area contributed by atoms with E-state index in [1.807, 2.05) is 13.8 Å². The predicted octanol–water partition coefficient (Wildman–Crippen LogP) is 2.12. The van der Waals surface area contributed by atoms with Crippen molar-refractivity contribution in [1.29, 1.82) is 0 Å². The summed E-state index contributed by atoms with van der Waals surface area (Å²) in [5, 5.41) is 0. The Hall–Kier alpha value is -1.40. The lowest BCUT2D eigenvalue weighted by atomic mass is 10.2. The van der Waals surface area contributed by atoms with Crippen molar-refractivity contribution in [2.24, 2.45) is 5.92 Å². The number of nitrogens with one attached hydrogen (secondary N) is 1. The minimum absolute atomic E-state index is 0.0880. The smallest absolute Gasteiger partial charge is 0.264 e. The monoisotopic (exact) mass is 313 g/mol. The van der Waals surface area contributed by atoms with Gasteiger partial charge in [-0.3, -0.25) is 4.79 Å². The minimum atomic E-state index is -3.79. The van der Waals surface area contributed by atoms with Gasteiger partial charge in [-0.25, -0.2) is 13.1 Å². The molecule has 118 valence electrons. The summed E-state index contributed by atoms with van der Waals surface area (Å²) in [5.41, 5.74) is 0.991. The molecular formula is C15H23NO4S. The molecule has 0 aliphatic heterocycles. The fourth-order valence-electron chi connectivity index (χ4n) is 1.56. The number of hydrogen-bond acceptors (Lipinski definition) is 4. The molecule has 0 saturated heterocycles. The molecule has 0 aliphatic rings. The van der Waals surface area contributed by atoms with E-state index in [1.165, 1.54) is 12.1 Å². The predicted molar refractivity (Wildman–Crippen MR) is 81.4 cm³/mol. The summed E-state index contributed by atoms with van der Waals surface area (Å²) >= 11 is 0. The number of rotatable bonds is 7. The first-order valence-corrected chi connectivity index (χ1v) is 8.48. The molecule has 0 fully saturated rings. The Labute approximate surface area is 126 Å². The number of ether oxygens (including phenoxy) is 1. The second-order valence-corrected chi connectivity index (χ2v) is 7.12. The Kier molecular flexibility index (Phi) is 6.36. The van der Waals surface area contributed by atoms with Crippen LogP contribution in [-0.2, 0) is 26.0 Å². The van der Waals surface area contributed by atoms with E-state index < -0.39 is 15.9 Å². The van der Waals surface area contributed by atoms with Crippen LogP contribution in [-0.4, -0.2) is 27.0 Å². The van der Waals surface area contributed by atoms with Gasteiger partial charge in [0.15, 0.2) is 0 Å². The van der Waals surface area contributed by atoms with Crippen LogP contribution in [0.1, 0.15) is 33.3 Å². The minimum Gasteiger partial charge on any atom is -0.378 e. The average Bonchev–Trinajstić information content (AvgIpc) is 2.38. The Morgan fingerprint density at radius 1 is 1.14 bits per heavy atom. The second-order valence-electron chi connectivity index (χ2n) is 5.44. The molecule has 0 heterocycles. The molecule has 1 amide bonds. The summed E-state index contributed by atoms with van der Waals surface area (Å²) in [7, 11) is -3.79. The van der Waals surface area contributed by atoms with E-state index >= 15 is 0 Å². The molecule has 0 spiro atoms. The van der Waals surface area contributed by atoms with Crippen molar-refractivity contribution in [3.63, 3.8) is 0 Å². The summed E-state index contributed by atoms with van der Waals surface area (Å²) < 4.78 is 31.5. The zero-order valence-corrected chi connectivity index (χ0v) is 13.7. The van der Waals surface area contributed by atoms with Gasteiger partial charge in [-0.1, -0.05) is 26.0 Å². The molecule has 0 aromatic heterocycles. The average molecular weight is 313 g/mol. The number of amides is 1. The van der Waals surface area contributed by atoms with Crippen LogP contribution in [0.15, 0.2) is 29.2 Å². The Morgan fingerprint density at radius 3 is 2.19 bits per heavy atom. The SMILES string of the molecule is CC(C)OCCc1ccc(S(=O)(=O)NC(=O)C(C)C)cc1. The van der Waals surface area contributed by atoms with E-state index in [-0.39, 0.29) is 16.9 Å². The highest BCUT2D eigenvalue weighted by molar-refractivity contribution is 7.90. The van der Waals surface area contributed by atoms with Gasteiger partial charge in [-0.15, -0.1) is 0 Å². The normalized spacial score (nSPS) is 11.9. The molecule has 6 heteroatoms. The van der Waals surface area contributed by atoms with E-state index in [0.717, 1.165) is 12.0 Å². The summed E-state index contributed by atoms with van der Waals surface area (Å²) in [6, 6.07) is 6.47. The third kappa shape index (κ3) is 5.85. The summed E-state index contributed by atoms with van der Waals surface area (Å²) in [5.74, 6) is -0.892. The van der Waals surface area contributed by atoms with E-state index in [1.54, 1.807) is 26.0 Å². The molecule has 0 bridgehead atoms. The highest BCUT2D eigenvalue weighted by Crippen LogP contribution is 2.12. The van der Waals surface area contributed by atoms with Crippen LogP contribution in [0.4, 0.5) is 0 Å². The molecule has 0 saturated carbocycles. The van der Waals surface area contributed by atoms with Crippen molar-refractivity contribution in [2.45, 2.75) is 45.1 Å². The molecule has 1 N–H and O–H groups in total. The van der Waals surface area contributed by atoms with Crippen molar-refractivity contribution in [2.75, 3.05) is 6.61 Å². The molecular weight excluding hydrogens is 290 g/mol. The molecule has 1 aromatic rings. The lowest BCUT2D eigenvalue weighted by Crippen LogP contribution is -2.33. The molecule has 0 radical (unpaired) electrons. The standard InChI is InChI=1S/C15H23NO4S/c1-11(2)15(17)16-21(18,19)14-7-5-13(6-8-14)9-10-20-12(3)4/h5-8,11-12H,9-10H2,1-4H3,(H,16,17).